The van der Waals surface area contributed by atoms with E-state index in [4.69, 9.17) is 40.9 Å². The van der Waals surface area contributed by atoms with E-state index in [1.54, 1.807) is 90.7 Å². The Bertz CT molecular complexity index is 4320. The van der Waals surface area contributed by atoms with Crippen molar-refractivity contribution in [1.82, 2.24) is 19.9 Å². The minimum absolute atomic E-state index is 0.0772. The van der Waals surface area contributed by atoms with Crippen molar-refractivity contribution in [2.24, 2.45) is 29.0 Å². The molecule has 0 atom stereocenters. The Morgan fingerprint density at radius 2 is 0.717 bits per heavy atom. The smallest absolute Gasteiger partial charge is 0.314 e. The Morgan fingerprint density at radius 3 is 1.01 bits per heavy atom. The molecule has 6 aromatic carbocycles. The first-order valence-electron chi connectivity index (χ1n) is 32.2. The zero-order valence-electron chi connectivity index (χ0n) is 54.4. The number of nitrogens with two attached hydrogens (primary N) is 3. The van der Waals surface area contributed by atoms with Crippen molar-refractivity contribution in [2.45, 2.75) is 39.5 Å². The summed E-state index contributed by atoms with van der Waals surface area (Å²) in [4.78, 5) is 80.5. The number of urea groups is 1. The normalized spacial score (nSPS) is 13.9. The molecule has 0 radical (unpaired) electrons. The lowest BCUT2D eigenvalue weighted by molar-refractivity contribution is -0.149. The number of primary amides is 3. The summed E-state index contributed by atoms with van der Waals surface area (Å²) < 4.78 is 66.7. The molecule has 0 saturated carbocycles. The number of nitriles is 1. The number of carbonyl (C=O) groups is 5. The van der Waals surface area contributed by atoms with Crippen molar-refractivity contribution < 1.29 is 60.8 Å². The highest BCUT2D eigenvalue weighted by molar-refractivity contribution is 5.93. The molecular weight excluding hydrogens is 1270 g/mol. The number of hydrogen-bond acceptors (Lipinski definition) is 17. The predicted molar refractivity (Wildman–Crippen MR) is 367 cm³/mol. The quantitative estimate of drug-likeness (QED) is 0.0673. The molecule has 0 aliphatic carbocycles. The van der Waals surface area contributed by atoms with E-state index in [0.717, 1.165) is 33.8 Å². The maximum Gasteiger partial charge on any atom is 0.314 e. The van der Waals surface area contributed by atoms with E-state index in [2.05, 4.69) is 35.7 Å². The number of anilines is 3. The second kappa shape index (κ2) is 33.1. The van der Waals surface area contributed by atoms with Gasteiger partial charge in [-0.1, -0.05) is 0 Å². The largest absolute Gasteiger partial charge is 0.466 e. The highest BCUT2D eigenvalue weighted by Gasteiger charge is 2.29. The minimum Gasteiger partial charge on any atom is -0.466 e. The van der Waals surface area contributed by atoms with E-state index >= 15 is 0 Å². The van der Waals surface area contributed by atoms with Gasteiger partial charge < -0.3 is 60.5 Å². The number of hydrogen-bond donors (Lipinski definition) is 3. The molecule has 3 saturated heterocycles. The first-order valence-corrected chi connectivity index (χ1v) is 32.2. The summed E-state index contributed by atoms with van der Waals surface area (Å²) in [6, 6.07) is 51.7. The molecule has 99 heavy (non-hydrogen) atoms. The van der Waals surface area contributed by atoms with Crippen LogP contribution in [-0.4, -0.2) is 115 Å². The van der Waals surface area contributed by atoms with Gasteiger partial charge in [-0.3, -0.25) is 19.2 Å². The molecule has 3 aromatic heterocycles. The van der Waals surface area contributed by atoms with Gasteiger partial charge >= 0.3 is 18.0 Å². The highest BCUT2D eigenvalue weighted by atomic mass is 19.1. The molecular formula is C75H72F3N11O10. The molecule has 21 nitrogen and oxygen atoms in total. The van der Waals surface area contributed by atoms with Gasteiger partial charge in [-0.05, 0) is 222 Å². The average Bonchev–Trinajstić information content (AvgIpc) is 0.901. The number of amides is 4. The van der Waals surface area contributed by atoms with Gasteiger partial charge in [0.05, 0.1) is 42.1 Å². The van der Waals surface area contributed by atoms with Crippen LogP contribution in [0.3, 0.4) is 0 Å². The van der Waals surface area contributed by atoms with Crippen molar-refractivity contribution in [3.8, 4) is 74.3 Å². The molecule has 508 valence electrons. The third-order valence-corrected chi connectivity index (χ3v) is 16.6. The van der Waals surface area contributed by atoms with Crippen LogP contribution in [-0.2, 0) is 19.1 Å². The van der Waals surface area contributed by atoms with Crippen LogP contribution >= 0.6 is 0 Å². The number of piperazine rings is 1. The van der Waals surface area contributed by atoms with Crippen LogP contribution in [0.15, 0.2) is 182 Å². The van der Waals surface area contributed by atoms with E-state index in [9.17, 15) is 42.4 Å². The molecule has 0 unspecified atom stereocenters. The summed E-state index contributed by atoms with van der Waals surface area (Å²) in [7, 11) is 0. The second-order valence-corrected chi connectivity index (χ2v) is 23.2. The van der Waals surface area contributed by atoms with Crippen LogP contribution in [0.4, 0.5) is 35.0 Å². The van der Waals surface area contributed by atoms with Crippen molar-refractivity contribution in [1.29, 1.82) is 5.26 Å². The topological polar surface area (TPSA) is 285 Å². The molecule has 4 amide bonds. The number of benzene rings is 6. The summed E-state index contributed by atoms with van der Waals surface area (Å²) in [6.07, 6.45) is 2.79. The lowest BCUT2D eigenvalue weighted by Gasteiger charge is -2.35. The number of nitrogens with zero attached hydrogens (tertiary/aromatic N) is 8. The van der Waals surface area contributed by atoms with Gasteiger partial charge in [0.2, 0.25) is 0 Å². The van der Waals surface area contributed by atoms with Gasteiger partial charge in [-0.15, -0.1) is 0 Å². The van der Waals surface area contributed by atoms with Crippen molar-refractivity contribution in [2.75, 3.05) is 80.3 Å². The number of aromatic nitrogens is 3. The van der Waals surface area contributed by atoms with Gasteiger partial charge in [-0.2, -0.15) is 5.26 Å². The fourth-order valence-corrected chi connectivity index (χ4v) is 11.3. The number of esters is 2. The predicted octanol–water partition coefficient (Wildman–Crippen LogP) is 12.9. The van der Waals surface area contributed by atoms with Gasteiger partial charge in [-0.25, -0.2) is 32.9 Å². The molecule has 0 spiro atoms. The van der Waals surface area contributed by atoms with E-state index < -0.39 is 17.8 Å². The highest BCUT2D eigenvalue weighted by Crippen LogP contribution is 2.34. The van der Waals surface area contributed by atoms with Gasteiger partial charge in [0.25, 0.3) is 11.8 Å². The number of piperidine rings is 2. The summed E-state index contributed by atoms with van der Waals surface area (Å²) in [5, 5.41) is 9.49. The molecule has 6 heterocycles. The lowest BCUT2D eigenvalue weighted by atomic mass is 9.96. The molecule has 0 bridgehead atoms. The summed E-state index contributed by atoms with van der Waals surface area (Å²) in [5.41, 5.74) is 23.9. The number of rotatable bonds is 18. The van der Waals surface area contributed by atoms with E-state index in [1.165, 1.54) is 36.4 Å². The monoisotopic (exact) mass is 1340 g/mol. The minimum atomic E-state index is -0.625. The molecule has 3 aliphatic rings. The average molecular weight is 1340 g/mol. The van der Waals surface area contributed by atoms with Gasteiger partial charge in [0, 0.05) is 86.1 Å². The van der Waals surface area contributed by atoms with E-state index in [-0.39, 0.29) is 52.6 Å². The second-order valence-electron chi connectivity index (χ2n) is 23.2. The summed E-state index contributed by atoms with van der Waals surface area (Å²) in [5.74, 6) is 0.677. The Hall–Kier alpha value is -12.0. The zero-order chi connectivity index (χ0) is 70.0. The van der Waals surface area contributed by atoms with E-state index in [1.807, 2.05) is 73.7 Å². The summed E-state index contributed by atoms with van der Waals surface area (Å²) in [6.45, 7) is 9.28. The fourth-order valence-electron chi connectivity index (χ4n) is 11.3. The van der Waals surface area contributed by atoms with Gasteiger partial charge in [0.1, 0.15) is 75.1 Å². The van der Waals surface area contributed by atoms with Crippen molar-refractivity contribution in [3.05, 3.63) is 217 Å². The van der Waals surface area contributed by atoms with Crippen LogP contribution in [0.25, 0.3) is 33.8 Å². The van der Waals surface area contributed by atoms with Crippen molar-refractivity contribution in [3.63, 3.8) is 0 Å². The van der Waals surface area contributed by atoms with Crippen LogP contribution in [0.5, 0.6) is 34.5 Å². The number of pyridine rings is 3. The number of halogens is 3. The molecule has 12 rings (SSSR count). The summed E-state index contributed by atoms with van der Waals surface area (Å²) >= 11 is 0. The third-order valence-electron chi connectivity index (χ3n) is 16.6. The lowest BCUT2D eigenvalue weighted by Crippen LogP contribution is -2.50. The molecule has 24 heteroatoms. The Balaban J connectivity index is 0.000000161. The Morgan fingerprint density at radius 1 is 0.424 bits per heavy atom. The first kappa shape index (κ1) is 69.8. The molecule has 3 fully saturated rings. The Kier molecular flexibility index (Phi) is 23.3. The number of ether oxygens (including phenoxy) is 5. The molecule has 3 aliphatic heterocycles. The van der Waals surface area contributed by atoms with Gasteiger partial charge in [0.15, 0.2) is 0 Å². The number of carbonyl (C=O) groups excluding carboxylic acids is 5. The van der Waals surface area contributed by atoms with Crippen LogP contribution in [0, 0.1) is 40.6 Å². The maximum absolute atomic E-state index is 13.1. The fraction of sp³-hybridized carbons (Fsp3) is 0.240. The van der Waals surface area contributed by atoms with E-state index in [0.29, 0.717) is 149 Å². The first-order chi connectivity index (χ1) is 47.9. The van der Waals surface area contributed by atoms with Crippen LogP contribution in [0.2, 0.25) is 0 Å². The maximum atomic E-state index is 13.1. The zero-order valence-corrected chi connectivity index (χ0v) is 54.4. The Labute approximate surface area is 570 Å². The standard InChI is InChI=1S/C26H26FN3O4.C26H24FN3O3.C23H22FN5O3/c1-2-33-26(32)18-11-13-30(14-12-18)20-15-23(29-24(16-20)25(28)31)17-3-7-21(8-4-17)34-22-9-5-19(27)6-10-22;1-2-32-26(31)19-11-13-30(14-12-19)22-15-21(17-28)29-25(16-22)18-3-7-23(8-4-18)33-24-9-5-20(27)6-10-24;24-16-3-7-19(8-4-16)32-18-5-1-15(2-6-18)20-13-17(14-21(27-20)22(25)30)28-9-11-29(12-10-28)23(26)31/h3-10,15-16,18H,2,11-14H2,1H3,(H2,28,31);3-10,15-16,19H,2,11-14H2,1H3;1-8,13-14H,9-12H2,(H2,25,30)(H2,26,31). The SMILES string of the molecule is CCOC(=O)C1CCN(c2cc(C#N)nc(-c3ccc(Oc4ccc(F)cc4)cc3)c2)CC1.CCOC(=O)C1CCN(c2cc(C(N)=O)nc(-c3ccc(Oc4ccc(F)cc4)cc3)c2)CC1.NC(=O)c1cc(N2CCN(C(N)=O)CC2)cc(-c2ccc(Oc3ccc(F)cc3)cc2)n1. The van der Waals surface area contributed by atoms with Crippen LogP contribution < -0.4 is 46.1 Å². The van der Waals surface area contributed by atoms with Crippen LogP contribution in [0.1, 0.15) is 66.2 Å². The van der Waals surface area contributed by atoms with Crippen molar-refractivity contribution >= 4 is 46.8 Å². The molecule has 9 aromatic rings. The molecule has 6 N–H and O–H groups in total. The third kappa shape index (κ3) is 19.2.